The minimum atomic E-state index is -3.10. The first-order valence-corrected chi connectivity index (χ1v) is 7.64. The summed E-state index contributed by atoms with van der Waals surface area (Å²) in [5.41, 5.74) is 1.09. The van der Waals surface area contributed by atoms with Crippen molar-refractivity contribution >= 4 is 9.84 Å². The lowest BCUT2D eigenvalue weighted by Gasteiger charge is -2.14. The van der Waals surface area contributed by atoms with Crippen LogP contribution in [0.15, 0.2) is 41.8 Å². The smallest absolute Gasteiger partial charge is 0.178 e. The molecule has 1 aromatic rings. The monoisotopic (exact) mass is 252 g/mol. The zero-order chi connectivity index (χ0) is 12.9. The summed E-state index contributed by atoms with van der Waals surface area (Å²) in [7, 11) is -3.10. The highest BCUT2D eigenvalue weighted by atomic mass is 32.2. The highest BCUT2D eigenvalue weighted by molar-refractivity contribution is 7.91. The maximum absolute atomic E-state index is 11.8. The highest BCUT2D eigenvalue weighted by Gasteiger charge is 2.14. The van der Waals surface area contributed by atoms with E-state index in [0.717, 1.165) is 18.4 Å². The molecule has 0 aliphatic carbocycles. The van der Waals surface area contributed by atoms with Crippen molar-refractivity contribution in [3.05, 3.63) is 42.5 Å². The molecule has 0 spiro atoms. The summed E-state index contributed by atoms with van der Waals surface area (Å²) in [6.45, 7) is 7.52. The number of benzene rings is 1. The van der Waals surface area contributed by atoms with Crippen LogP contribution in [-0.4, -0.2) is 14.2 Å². The van der Waals surface area contributed by atoms with Gasteiger partial charge < -0.3 is 0 Å². The number of hydrogen-bond donors (Lipinski definition) is 0. The Morgan fingerprint density at radius 2 is 2.06 bits per heavy atom. The normalized spacial score (nSPS) is 13.3. The first kappa shape index (κ1) is 14.0. The molecule has 0 saturated carbocycles. The van der Waals surface area contributed by atoms with Gasteiger partial charge in [-0.25, -0.2) is 8.42 Å². The van der Waals surface area contributed by atoms with Crippen LogP contribution < -0.4 is 0 Å². The molecule has 0 aliphatic heterocycles. The fourth-order valence-corrected chi connectivity index (χ4v) is 2.80. The van der Waals surface area contributed by atoms with E-state index in [2.05, 4.69) is 13.5 Å². The molecule has 0 aromatic heterocycles. The Kier molecular flexibility index (Phi) is 4.94. The van der Waals surface area contributed by atoms with E-state index in [1.54, 1.807) is 19.1 Å². The third kappa shape index (κ3) is 3.43. The van der Waals surface area contributed by atoms with Gasteiger partial charge in [-0.15, -0.1) is 6.58 Å². The van der Waals surface area contributed by atoms with Crippen LogP contribution in [0.3, 0.4) is 0 Å². The fourth-order valence-electron chi connectivity index (χ4n) is 1.87. The molecule has 3 heteroatoms. The second kappa shape index (κ2) is 6.01. The van der Waals surface area contributed by atoms with Crippen LogP contribution in [-0.2, 0) is 9.84 Å². The molecule has 0 amide bonds. The van der Waals surface area contributed by atoms with Crippen LogP contribution in [0.25, 0.3) is 0 Å². The summed E-state index contributed by atoms with van der Waals surface area (Å²) in [5.74, 6) is 0.508. The van der Waals surface area contributed by atoms with Crippen LogP contribution in [0, 0.1) is 0 Å². The Balaban J connectivity index is 3.12. The van der Waals surface area contributed by atoms with E-state index in [-0.39, 0.29) is 5.75 Å². The molecule has 0 radical (unpaired) electrons. The number of hydrogen-bond acceptors (Lipinski definition) is 2. The summed E-state index contributed by atoms with van der Waals surface area (Å²) >= 11 is 0. The second-order valence-electron chi connectivity index (χ2n) is 4.11. The van der Waals surface area contributed by atoms with Crippen molar-refractivity contribution in [3.63, 3.8) is 0 Å². The lowest BCUT2D eigenvalue weighted by atomic mass is 9.93. The zero-order valence-electron chi connectivity index (χ0n) is 10.5. The standard InChI is InChI=1S/C14H20O2S/c1-4-8-12(5-2)13-9-7-10-14(11-13)17(15,16)6-3/h4,7,9-12H,1,5-6,8H2,2-3H3. The Bertz CT molecular complexity index is 475. The van der Waals surface area contributed by atoms with Gasteiger partial charge in [0.05, 0.1) is 10.6 Å². The van der Waals surface area contributed by atoms with E-state index in [1.165, 1.54) is 0 Å². The van der Waals surface area contributed by atoms with Crippen LogP contribution in [0.4, 0.5) is 0 Å². The molecule has 0 fully saturated rings. The fraction of sp³-hybridized carbons (Fsp3) is 0.429. The Hall–Kier alpha value is -1.09. The summed E-state index contributed by atoms with van der Waals surface area (Å²) < 4.78 is 23.6. The summed E-state index contributed by atoms with van der Waals surface area (Å²) in [5, 5.41) is 0. The molecule has 2 nitrogen and oxygen atoms in total. The lowest BCUT2D eigenvalue weighted by molar-refractivity contribution is 0.596. The Morgan fingerprint density at radius 1 is 1.35 bits per heavy atom. The van der Waals surface area contributed by atoms with E-state index >= 15 is 0 Å². The molecule has 0 aliphatic rings. The predicted octanol–water partition coefficient (Wildman–Crippen LogP) is 3.55. The molecular weight excluding hydrogens is 232 g/mol. The van der Waals surface area contributed by atoms with Gasteiger partial charge in [0, 0.05) is 0 Å². The summed E-state index contributed by atoms with van der Waals surface area (Å²) in [4.78, 5) is 0.431. The molecule has 1 rings (SSSR count). The van der Waals surface area contributed by atoms with E-state index in [4.69, 9.17) is 0 Å². The zero-order valence-corrected chi connectivity index (χ0v) is 11.3. The summed E-state index contributed by atoms with van der Waals surface area (Å²) in [6, 6.07) is 7.29. The van der Waals surface area contributed by atoms with Crippen LogP contribution in [0.1, 0.15) is 38.2 Å². The maximum atomic E-state index is 11.8. The van der Waals surface area contributed by atoms with Crippen LogP contribution in [0.2, 0.25) is 0 Å². The van der Waals surface area contributed by atoms with Crippen LogP contribution in [0.5, 0.6) is 0 Å². The minimum absolute atomic E-state index is 0.148. The van der Waals surface area contributed by atoms with Crippen molar-refractivity contribution < 1.29 is 8.42 Å². The van der Waals surface area contributed by atoms with Gasteiger partial charge in [0.2, 0.25) is 0 Å². The van der Waals surface area contributed by atoms with Crippen molar-refractivity contribution in [2.24, 2.45) is 0 Å². The molecule has 1 unspecified atom stereocenters. The van der Waals surface area contributed by atoms with Gasteiger partial charge in [0.15, 0.2) is 9.84 Å². The van der Waals surface area contributed by atoms with E-state index in [0.29, 0.717) is 10.8 Å². The van der Waals surface area contributed by atoms with Crippen molar-refractivity contribution in [2.75, 3.05) is 5.75 Å². The van der Waals surface area contributed by atoms with Crippen molar-refractivity contribution in [3.8, 4) is 0 Å². The first-order valence-electron chi connectivity index (χ1n) is 5.98. The molecule has 0 bridgehead atoms. The molecular formula is C14H20O2S. The lowest BCUT2D eigenvalue weighted by Crippen LogP contribution is -2.05. The molecule has 0 N–H and O–H groups in total. The molecule has 1 atom stereocenters. The largest absolute Gasteiger partial charge is 0.224 e. The number of rotatable bonds is 6. The molecule has 0 heterocycles. The quantitative estimate of drug-likeness (QED) is 0.726. The third-order valence-electron chi connectivity index (χ3n) is 3.01. The van der Waals surface area contributed by atoms with Gasteiger partial charge in [-0.3, -0.25) is 0 Å². The topological polar surface area (TPSA) is 34.1 Å². The van der Waals surface area contributed by atoms with Gasteiger partial charge >= 0.3 is 0 Å². The molecule has 1 aromatic carbocycles. The highest BCUT2D eigenvalue weighted by Crippen LogP contribution is 2.25. The van der Waals surface area contributed by atoms with Gasteiger partial charge in [0.1, 0.15) is 0 Å². The average molecular weight is 252 g/mol. The SMILES string of the molecule is C=CCC(CC)c1cccc(S(=O)(=O)CC)c1. The third-order valence-corrected chi connectivity index (χ3v) is 4.74. The van der Waals surface area contributed by atoms with Gasteiger partial charge in [-0.05, 0) is 36.5 Å². The second-order valence-corrected chi connectivity index (χ2v) is 6.38. The molecule has 0 saturated heterocycles. The van der Waals surface area contributed by atoms with Crippen molar-refractivity contribution in [1.82, 2.24) is 0 Å². The first-order chi connectivity index (χ1) is 8.05. The molecule has 94 valence electrons. The Labute approximate surface area is 104 Å². The minimum Gasteiger partial charge on any atom is -0.224 e. The van der Waals surface area contributed by atoms with Crippen molar-refractivity contribution in [1.29, 1.82) is 0 Å². The number of allylic oxidation sites excluding steroid dienone is 1. The summed E-state index contributed by atoms with van der Waals surface area (Å²) in [6.07, 6.45) is 3.75. The van der Waals surface area contributed by atoms with E-state index in [9.17, 15) is 8.42 Å². The van der Waals surface area contributed by atoms with E-state index < -0.39 is 9.84 Å². The van der Waals surface area contributed by atoms with Crippen LogP contribution >= 0.6 is 0 Å². The Morgan fingerprint density at radius 3 is 2.59 bits per heavy atom. The van der Waals surface area contributed by atoms with Crippen molar-refractivity contribution in [2.45, 2.75) is 37.5 Å². The average Bonchev–Trinajstić information content (AvgIpc) is 2.36. The van der Waals surface area contributed by atoms with Gasteiger partial charge in [-0.2, -0.15) is 0 Å². The maximum Gasteiger partial charge on any atom is 0.178 e. The molecule has 17 heavy (non-hydrogen) atoms. The van der Waals surface area contributed by atoms with Gasteiger partial charge in [0.25, 0.3) is 0 Å². The van der Waals surface area contributed by atoms with E-state index in [1.807, 2.05) is 18.2 Å². The van der Waals surface area contributed by atoms with Gasteiger partial charge in [-0.1, -0.05) is 32.1 Å². The number of sulfone groups is 1. The predicted molar refractivity (Wildman–Crippen MR) is 72.0 cm³/mol.